The Kier molecular flexibility index (Phi) is 6.74. The predicted octanol–water partition coefficient (Wildman–Crippen LogP) is 1.20. The van der Waals surface area contributed by atoms with Crippen LogP contribution in [0.5, 0.6) is 34.5 Å². The first-order valence-corrected chi connectivity index (χ1v) is 13.8. The van der Waals surface area contributed by atoms with E-state index in [1.54, 1.807) is 19.1 Å². The second kappa shape index (κ2) is 10.3. The predicted molar refractivity (Wildman–Crippen MR) is 139 cm³/mol. The Bertz CT molecular complexity index is 1370. The van der Waals surface area contributed by atoms with E-state index in [4.69, 9.17) is 42.6 Å². The summed E-state index contributed by atoms with van der Waals surface area (Å²) in [5, 5.41) is 32.5. The van der Waals surface area contributed by atoms with Gasteiger partial charge in [-0.15, -0.1) is 0 Å². The molecule has 3 fully saturated rings. The van der Waals surface area contributed by atoms with Crippen LogP contribution in [0.3, 0.4) is 0 Å². The summed E-state index contributed by atoms with van der Waals surface area (Å²) in [6.45, 7) is 2.00. The molecule has 0 radical (unpaired) electrons. The summed E-state index contributed by atoms with van der Waals surface area (Å²) in [7, 11) is 2.86. The summed E-state index contributed by atoms with van der Waals surface area (Å²) in [5.74, 6) is -0.440. The van der Waals surface area contributed by atoms with Gasteiger partial charge in [-0.2, -0.15) is 0 Å². The van der Waals surface area contributed by atoms with Gasteiger partial charge in [0.15, 0.2) is 29.3 Å². The van der Waals surface area contributed by atoms with Crippen molar-refractivity contribution < 1.29 is 62.7 Å². The number of rotatable bonds is 5. The maximum absolute atomic E-state index is 13.1. The van der Waals surface area contributed by atoms with Gasteiger partial charge in [0.1, 0.15) is 24.4 Å². The normalized spacial score (nSPS) is 34.6. The number of carbonyl (C=O) groups is 1. The molecule has 0 saturated carbocycles. The Labute approximate surface area is 240 Å². The summed E-state index contributed by atoms with van der Waals surface area (Å²) >= 11 is 0. The largest absolute Gasteiger partial charge is 0.502 e. The van der Waals surface area contributed by atoms with Crippen molar-refractivity contribution >= 4 is 5.97 Å². The Morgan fingerprint density at radius 2 is 1.71 bits per heavy atom. The molecule has 9 unspecified atom stereocenters. The van der Waals surface area contributed by atoms with Crippen molar-refractivity contribution in [2.45, 2.75) is 56.3 Å². The standard InChI is InChI=1S/C29H32O13/c1-11-36-9-19-26(40-11)23(31)24(32)29(41-19)42-25-15-4-13-8-37-28(33)21(13)20(14(15)7-18-27(25)39-10-38-18)12-5-16(34-2)22(30)17(6-12)35-3/h5-7,11,13,19-21,23-24,26,29-32H,4,8-10H2,1-3H3. The SMILES string of the molecule is COc1cc(C2c3cc4c(c(OC5OC6COC(C)OC6C(O)C5O)c3CC3COC(=O)C32)OCO4)cc(OC)c1O. The van der Waals surface area contributed by atoms with Crippen LogP contribution in [0.1, 0.15) is 29.5 Å². The third kappa shape index (κ3) is 4.21. The summed E-state index contributed by atoms with van der Waals surface area (Å²) in [5.41, 5.74) is 2.08. The average molecular weight is 589 g/mol. The molecular formula is C29H32O13. The summed E-state index contributed by atoms with van der Waals surface area (Å²) in [6.07, 6.45) is -5.63. The lowest BCUT2D eigenvalue weighted by Crippen LogP contribution is -2.63. The lowest BCUT2D eigenvalue weighted by molar-refractivity contribution is -0.344. The van der Waals surface area contributed by atoms with Crippen molar-refractivity contribution in [2.75, 3.05) is 34.2 Å². The number of esters is 1. The van der Waals surface area contributed by atoms with Gasteiger partial charge in [0.25, 0.3) is 0 Å². The number of hydrogen-bond acceptors (Lipinski definition) is 13. The van der Waals surface area contributed by atoms with Crippen LogP contribution < -0.4 is 23.7 Å². The van der Waals surface area contributed by atoms with Gasteiger partial charge in [-0.3, -0.25) is 4.79 Å². The fourth-order valence-corrected chi connectivity index (χ4v) is 6.71. The maximum Gasteiger partial charge on any atom is 0.310 e. The molecule has 0 aromatic heterocycles. The van der Waals surface area contributed by atoms with E-state index in [2.05, 4.69) is 0 Å². The molecule has 0 amide bonds. The van der Waals surface area contributed by atoms with Crippen LogP contribution in [-0.4, -0.2) is 92.5 Å². The number of aliphatic hydroxyl groups is 2. The van der Waals surface area contributed by atoms with Crippen molar-refractivity contribution in [3.05, 3.63) is 34.9 Å². The zero-order valence-electron chi connectivity index (χ0n) is 23.2. The molecule has 1 aliphatic carbocycles. The van der Waals surface area contributed by atoms with E-state index < -0.39 is 48.8 Å². The van der Waals surface area contributed by atoms with E-state index in [0.29, 0.717) is 34.6 Å². The molecule has 4 heterocycles. The summed E-state index contributed by atoms with van der Waals surface area (Å²) in [4.78, 5) is 13.1. The van der Waals surface area contributed by atoms with Crippen molar-refractivity contribution in [1.29, 1.82) is 0 Å². The van der Waals surface area contributed by atoms with Crippen LogP contribution in [0.2, 0.25) is 0 Å². The van der Waals surface area contributed by atoms with Crippen molar-refractivity contribution in [3.63, 3.8) is 0 Å². The van der Waals surface area contributed by atoms with Crippen LogP contribution in [-0.2, 0) is 30.2 Å². The number of cyclic esters (lactones) is 1. The molecule has 0 spiro atoms. The first-order valence-electron chi connectivity index (χ1n) is 13.8. The first-order chi connectivity index (χ1) is 20.3. The molecule has 226 valence electrons. The minimum Gasteiger partial charge on any atom is -0.502 e. The van der Waals surface area contributed by atoms with E-state index in [0.717, 1.165) is 0 Å². The first kappa shape index (κ1) is 27.3. The minimum absolute atomic E-state index is 0.0595. The van der Waals surface area contributed by atoms with Crippen LogP contribution >= 0.6 is 0 Å². The Morgan fingerprint density at radius 1 is 0.952 bits per heavy atom. The second-order valence-corrected chi connectivity index (χ2v) is 11.0. The fourth-order valence-electron chi connectivity index (χ4n) is 6.71. The van der Waals surface area contributed by atoms with E-state index in [9.17, 15) is 20.1 Å². The van der Waals surface area contributed by atoms with Crippen LogP contribution in [0.15, 0.2) is 18.2 Å². The van der Waals surface area contributed by atoms with Crippen molar-refractivity contribution in [2.24, 2.45) is 11.8 Å². The number of aromatic hydroxyl groups is 1. The van der Waals surface area contributed by atoms with Crippen molar-refractivity contribution in [3.8, 4) is 34.5 Å². The highest BCUT2D eigenvalue weighted by Gasteiger charge is 2.52. The smallest absolute Gasteiger partial charge is 0.310 e. The zero-order chi connectivity index (χ0) is 29.3. The number of fused-ring (bicyclic) bond motifs is 4. The lowest BCUT2D eigenvalue weighted by Gasteiger charge is -2.45. The van der Waals surface area contributed by atoms with Crippen LogP contribution in [0, 0.1) is 11.8 Å². The molecule has 3 saturated heterocycles. The summed E-state index contributed by atoms with van der Waals surface area (Å²) in [6, 6.07) is 5.15. The minimum atomic E-state index is -1.44. The van der Waals surface area contributed by atoms with Crippen LogP contribution in [0.4, 0.5) is 0 Å². The van der Waals surface area contributed by atoms with Gasteiger partial charge < -0.3 is 58.0 Å². The average Bonchev–Trinajstić information content (AvgIpc) is 3.61. The Morgan fingerprint density at radius 3 is 2.45 bits per heavy atom. The highest BCUT2D eigenvalue weighted by atomic mass is 16.8. The number of benzene rings is 2. The van der Waals surface area contributed by atoms with Gasteiger partial charge in [-0.05, 0) is 42.7 Å². The molecule has 13 heteroatoms. The number of ether oxygens (including phenoxy) is 9. The molecule has 2 aromatic rings. The number of methoxy groups -OCH3 is 2. The van der Waals surface area contributed by atoms with Gasteiger partial charge in [-0.25, -0.2) is 0 Å². The van der Waals surface area contributed by atoms with Gasteiger partial charge >= 0.3 is 5.97 Å². The van der Waals surface area contributed by atoms with Gasteiger partial charge in [0.2, 0.25) is 24.6 Å². The third-order valence-electron chi connectivity index (χ3n) is 8.72. The molecule has 5 aliphatic rings. The third-order valence-corrected chi connectivity index (χ3v) is 8.72. The summed E-state index contributed by atoms with van der Waals surface area (Å²) < 4.78 is 51.5. The number of carbonyl (C=O) groups excluding carboxylic acids is 1. The fraction of sp³-hybridized carbons (Fsp3) is 0.552. The van der Waals surface area contributed by atoms with E-state index >= 15 is 0 Å². The number of phenolic OH excluding ortho intramolecular Hbond substituents is 1. The molecule has 4 aliphatic heterocycles. The van der Waals surface area contributed by atoms with E-state index in [-0.39, 0.29) is 54.9 Å². The molecule has 2 aromatic carbocycles. The van der Waals surface area contributed by atoms with Gasteiger partial charge in [0.05, 0.1) is 33.4 Å². The molecule has 0 bridgehead atoms. The molecule has 3 N–H and O–H groups in total. The second-order valence-electron chi connectivity index (χ2n) is 11.0. The van der Waals surface area contributed by atoms with E-state index in [1.165, 1.54) is 14.2 Å². The Balaban J connectivity index is 1.34. The van der Waals surface area contributed by atoms with Crippen LogP contribution in [0.25, 0.3) is 0 Å². The zero-order valence-corrected chi connectivity index (χ0v) is 23.2. The molecule has 7 rings (SSSR count). The molecule has 9 atom stereocenters. The van der Waals surface area contributed by atoms with Gasteiger partial charge in [-0.1, -0.05) is 0 Å². The number of aliphatic hydroxyl groups excluding tert-OH is 2. The number of phenols is 1. The maximum atomic E-state index is 13.1. The number of hydrogen-bond donors (Lipinski definition) is 3. The highest BCUT2D eigenvalue weighted by molar-refractivity contribution is 5.79. The topological polar surface area (TPSA) is 161 Å². The molecular weight excluding hydrogens is 556 g/mol. The lowest BCUT2D eigenvalue weighted by atomic mass is 9.67. The molecule has 13 nitrogen and oxygen atoms in total. The highest BCUT2D eigenvalue weighted by Crippen LogP contribution is 2.56. The van der Waals surface area contributed by atoms with Crippen molar-refractivity contribution in [1.82, 2.24) is 0 Å². The molecule has 42 heavy (non-hydrogen) atoms. The quantitative estimate of drug-likeness (QED) is 0.428. The van der Waals surface area contributed by atoms with Gasteiger partial charge in [0, 0.05) is 17.4 Å². The monoisotopic (exact) mass is 588 g/mol. The van der Waals surface area contributed by atoms with E-state index in [1.807, 2.05) is 6.07 Å². The Hall–Kier alpha value is -3.49.